The molecule has 1 saturated heterocycles. The topological polar surface area (TPSA) is 73.1 Å². The van der Waals surface area contributed by atoms with Gasteiger partial charge in [0.15, 0.2) is 5.76 Å². The van der Waals surface area contributed by atoms with E-state index in [-0.39, 0.29) is 0 Å². The number of hydrogen-bond donors (Lipinski definition) is 0. The Bertz CT molecular complexity index is 746. The van der Waals surface area contributed by atoms with Crippen LogP contribution in [0, 0.1) is 0 Å². The van der Waals surface area contributed by atoms with Crippen LogP contribution in [-0.2, 0) is 13.6 Å². The lowest BCUT2D eigenvalue weighted by atomic mass is 10.1. The monoisotopic (exact) mass is 299 g/mol. The van der Waals surface area contributed by atoms with E-state index in [0.717, 1.165) is 13.0 Å². The zero-order valence-corrected chi connectivity index (χ0v) is 12.3. The predicted molar refractivity (Wildman–Crippen MR) is 77.6 cm³/mol. The Balaban J connectivity index is 1.50. The average molecular weight is 299 g/mol. The van der Waals surface area contributed by atoms with E-state index >= 15 is 0 Å². The first-order valence-electron chi connectivity index (χ1n) is 7.38. The number of furan rings is 1. The molecule has 1 atom stereocenters. The number of rotatable bonds is 4. The molecule has 0 aliphatic carbocycles. The fourth-order valence-corrected chi connectivity index (χ4v) is 3.00. The van der Waals surface area contributed by atoms with Crippen molar-refractivity contribution in [1.29, 1.82) is 0 Å². The molecule has 22 heavy (non-hydrogen) atoms. The fourth-order valence-electron chi connectivity index (χ4n) is 3.00. The highest BCUT2D eigenvalue weighted by Crippen LogP contribution is 2.32. The first-order chi connectivity index (χ1) is 10.8. The van der Waals surface area contributed by atoms with Crippen molar-refractivity contribution in [3.63, 3.8) is 0 Å². The summed E-state index contributed by atoms with van der Waals surface area (Å²) >= 11 is 0. The molecule has 114 valence electrons. The van der Waals surface area contributed by atoms with Gasteiger partial charge in [-0.1, -0.05) is 5.16 Å². The van der Waals surface area contributed by atoms with E-state index in [1.165, 1.54) is 12.0 Å². The number of hydrogen-bond acceptors (Lipinski definition) is 6. The molecule has 0 radical (unpaired) electrons. The van der Waals surface area contributed by atoms with Crippen LogP contribution in [0.3, 0.4) is 0 Å². The van der Waals surface area contributed by atoms with E-state index in [2.05, 4.69) is 26.3 Å². The molecule has 7 nitrogen and oxygen atoms in total. The van der Waals surface area contributed by atoms with Gasteiger partial charge in [-0.05, 0) is 31.5 Å². The first-order valence-corrected chi connectivity index (χ1v) is 7.38. The van der Waals surface area contributed by atoms with Gasteiger partial charge in [0.25, 0.3) is 0 Å². The molecule has 1 aliphatic heterocycles. The van der Waals surface area contributed by atoms with Crippen molar-refractivity contribution in [2.45, 2.75) is 25.4 Å². The van der Waals surface area contributed by atoms with Crippen molar-refractivity contribution in [2.24, 2.45) is 7.05 Å². The molecule has 1 fully saturated rings. The smallest absolute Gasteiger partial charge is 0.241 e. The van der Waals surface area contributed by atoms with Crippen LogP contribution in [0.15, 0.2) is 39.7 Å². The summed E-state index contributed by atoms with van der Waals surface area (Å²) in [5.41, 5.74) is 1.24. The third kappa shape index (κ3) is 2.43. The fraction of sp³-hybridized carbons (Fsp3) is 0.400. The summed E-state index contributed by atoms with van der Waals surface area (Å²) in [5.74, 6) is 1.74. The second-order valence-electron chi connectivity index (χ2n) is 5.56. The minimum absolute atomic E-state index is 0.368. The van der Waals surface area contributed by atoms with E-state index in [0.29, 0.717) is 30.1 Å². The largest absolute Gasteiger partial charge is 0.461 e. The summed E-state index contributed by atoms with van der Waals surface area (Å²) in [6.07, 6.45) is 7.91. The van der Waals surface area contributed by atoms with E-state index in [1.54, 1.807) is 6.26 Å². The first kappa shape index (κ1) is 13.3. The average Bonchev–Trinajstić information content (AvgIpc) is 3.26. The normalized spacial score (nSPS) is 19.0. The number of aryl methyl sites for hydroxylation is 1. The molecule has 4 heterocycles. The van der Waals surface area contributed by atoms with E-state index in [4.69, 9.17) is 8.94 Å². The molecule has 0 amide bonds. The molecule has 7 heteroatoms. The minimum Gasteiger partial charge on any atom is -0.461 e. The molecular weight excluding hydrogens is 282 g/mol. The SMILES string of the molecule is Cn1cc(C2CCCN2Cc2nc(-c3ccco3)no2)cn1. The van der Waals surface area contributed by atoms with Gasteiger partial charge in [-0.15, -0.1) is 0 Å². The summed E-state index contributed by atoms with van der Waals surface area (Å²) in [4.78, 5) is 6.77. The van der Waals surface area contributed by atoms with Crippen LogP contribution in [0.2, 0.25) is 0 Å². The molecule has 0 bridgehead atoms. The standard InChI is InChI=1S/C15H17N5O2/c1-19-9-11(8-16-19)12-4-2-6-20(12)10-14-17-15(18-22-14)13-5-3-7-21-13/h3,5,7-9,12H,2,4,6,10H2,1H3. The van der Waals surface area contributed by atoms with Crippen molar-refractivity contribution < 1.29 is 8.94 Å². The highest BCUT2D eigenvalue weighted by atomic mass is 16.5. The van der Waals surface area contributed by atoms with E-state index in [9.17, 15) is 0 Å². The van der Waals surface area contributed by atoms with Crippen LogP contribution in [-0.4, -0.2) is 31.4 Å². The van der Waals surface area contributed by atoms with Crippen LogP contribution in [0.5, 0.6) is 0 Å². The van der Waals surface area contributed by atoms with Crippen molar-refractivity contribution in [3.8, 4) is 11.6 Å². The molecule has 3 aromatic heterocycles. The lowest BCUT2D eigenvalue weighted by Crippen LogP contribution is -2.22. The van der Waals surface area contributed by atoms with Crippen molar-refractivity contribution in [2.75, 3.05) is 6.54 Å². The van der Waals surface area contributed by atoms with Crippen LogP contribution >= 0.6 is 0 Å². The van der Waals surface area contributed by atoms with Crippen molar-refractivity contribution >= 4 is 0 Å². The van der Waals surface area contributed by atoms with Gasteiger partial charge in [-0.2, -0.15) is 10.1 Å². The second kappa shape index (κ2) is 5.42. The van der Waals surface area contributed by atoms with Gasteiger partial charge in [0.1, 0.15) is 0 Å². The maximum absolute atomic E-state index is 5.36. The molecule has 0 N–H and O–H groups in total. The van der Waals surface area contributed by atoms with Gasteiger partial charge >= 0.3 is 0 Å². The minimum atomic E-state index is 0.368. The summed E-state index contributed by atoms with van der Waals surface area (Å²) in [6.45, 7) is 1.67. The Morgan fingerprint density at radius 3 is 3.14 bits per heavy atom. The second-order valence-corrected chi connectivity index (χ2v) is 5.56. The lowest BCUT2D eigenvalue weighted by molar-refractivity contribution is 0.212. The Labute approximate surface area is 127 Å². The molecule has 0 spiro atoms. The maximum atomic E-state index is 5.36. The van der Waals surface area contributed by atoms with Crippen molar-refractivity contribution in [3.05, 3.63) is 42.2 Å². The number of nitrogens with zero attached hydrogens (tertiary/aromatic N) is 5. The van der Waals surface area contributed by atoms with Crippen molar-refractivity contribution in [1.82, 2.24) is 24.8 Å². The molecule has 0 aromatic carbocycles. The molecule has 1 unspecified atom stereocenters. The number of likely N-dealkylation sites (tertiary alicyclic amines) is 1. The summed E-state index contributed by atoms with van der Waals surface area (Å²) in [7, 11) is 1.94. The lowest BCUT2D eigenvalue weighted by Gasteiger charge is -2.21. The summed E-state index contributed by atoms with van der Waals surface area (Å²) in [5, 5.41) is 8.25. The van der Waals surface area contributed by atoms with Gasteiger partial charge < -0.3 is 8.94 Å². The van der Waals surface area contributed by atoms with Crippen LogP contribution in [0.4, 0.5) is 0 Å². The van der Waals surface area contributed by atoms with E-state index < -0.39 is 0 Å². The van der Waals surface area contributed by atoms with Gasteiger partial charge in [0.2, 0.25) is 11.7 Å². The molecule has 3 aromatic rings. The summed E-state index contributed by atoms with van der Waals surface area (Å²) in [6, 6.07) is 4.00. The highest BCUT2D eigenvalue weighted by Gasteiger charge is 2.28. The Kier molecular flexibility index (Phi) is 3.27. The zero-order valence-electron chi connectivity index (χ0n) is 12.3. The van der Waals surface area contributed by atoms with Gasteiger partial charge in [0, 0.05) is 24.8 Å². The predicted octanol–water partition coefficient (Wildman–Crippen LogP) is 2.40. The Morgan fingerprint density at radius 1 is 1.41 bits per heavy atom. The third-order valence-corrected chi connectivity index (χ3v) is 4.02. The zero-order chi connectivity index (χ0) is 14.9. The highest BCUT2D eigenvalue weighted by molar-refractivity contribution is 5.44. The van der Waals surface area contributed by atoms with Gasteiger partial charge in [0.05, 0.1) is 19.0 Å². The Morgan fingerprint density at radius 2 is 2.36 bits per heavy atom. The Hall–Kier alpha value is -2.41. The van der Waals surface area contributed by atoms with Crippen LogP contribution < -0.4 is 0 Å². The van der Waals surface area contributed by atoms with Crippen LogP contribution in [0.1, 0.15) is 30.3 Å². The summed E-state index contributed by atoms with van der Waals surface area (Å²) < 4.78 is 12.5. The quantitative estimate of drug-likeness (QED) is 0.736. The molecular formula is C15H17N5O2. The molecule has 1 aliphatic rings. The number of aromatic nitrogens is 4. The maximum Gasteiger partial charge on any atom is 0.241 e. The molecule has 0 saturated carbocycles. The van der Waals surface area contributed by atoms with E-state index in [1.807, 2.05) is 30.1 Å². The van der Waals surface area contributed by atoms with Gasteiger partial charge in [-0.3, -0.25) is 9.58 Å². The van der Waals surface area contributed by atoms with Crippen LogP contribution in [0.25, 0.3) is 11.6 Å². The van der Waals surface area contributed by atoms with Gasteiger partial charge in [-0.25, -0.2) is 0 Å². The molecule has 4 rings (SSSR count). The third-order valence-electron chi connectivity index (χ3n) is 4.02.